The number of rotatable bonds is 4. The van der Waals surface area contributed by atoms with E-state index in [1.54, 1.807) is 12.4 Å². The number of nitro benzene ring substituents is 1. The molecule has 17 heavy (non-hydrogen) atoms. The number of non-ortho nitro benzene ring substituents is 1. The zero-order chi connectivity index (χ0) is 12.3. The minimum atomic E-state index is -0.433. The Morgan fingerprint density at radius 3 is 3.00 bits per heavy atom. The summed E-state index contributed by atoms with van der Waals surface area (Å²) in [5.74, 6) is 0.536. The van der Waals surface area contributed by atoms with Crippen molar-refractivity contribution in [2.45, 2.75) is 10.9 Å². The number of nitrogens with one attached hydrogen (secondary N) is 1. The highest BCUT2D eigenvalue weighted by molar-refractivity contribution is 7.98. The van der Waals surface area contributed by atoms with Crippen LogP contribution in [0.4, 0.5) is 5.69 Å². The lowest BCUT2D eigenvalue weighted by molar-refractivity contribution is -0.384. The standard InChI is InChI=1S/C10H8ClN3O2S/c11-9-2-1-8(14(15)16)5-7(9)6-17-10-12-3-4-13-10/h1-5H,6H2,(H,12,13). The number of nitrogens with zero attached hydrogens (tertiary/aromatic N) is 2. The summed E-state index contributed by atoms with van der Waals surface area (Å²) in [6.07, 6.45) is 3.37. The van der Waals surface area contributed by atoms with Crippen LogP contribution in [0.2, 0.25) is 5.02 Å². The van der Waals surface area contributed by atoms with Gasteiger partial charge in [0, 0.05) is 35.3 Å². The highest BCUT2D eigenvalue weighted by Gasteiger charge is 2.10. The Morgan fingerprint density at radius 1 is 1.53 bits per heavy atom. The fourth-order valence-corrected chi connectivity index (χ4v) is 2.34. The molecule has 0 aliphatic heterocycles. The normalized spacial score (nSPS) is 10.4. The van der Waals surface area contributed by atoms with Crippen LogP contribution >= 0.6 is 23.4 Å². The third-order valence-electron chi connectivity index (χ3n) is 2.08. The maximum atomic E-state index is 10.6. The molecule has 1 heterocycles. The summed E-state index contributed by atoms with van der Waals surface area (Å²) < 4.78 is 0. The Balaban J connectivity index is 2.14. The fourth-order valence-electron chi connectivity index (χ4n) is 1.26. The van der Waals surface area contributed by atoms with Gasteiger partial charge in [0.25, 0.3) is 5.69 Å². The van der Waals surface area contributed by atoms with Crippen LogP contribution in [0.5, 0.6) is 0 Å². The molecule has 2 rings (SSSR count). The van der Waals surface area contributed by atoms with Gasteiger partial charge in [-0.15, -0.1) is 0 Å². The van der Waals surface area contributed by atoms with Gasteiger partial charge in [0.2, 0.25) is 0 Å². The topological polar surface area (TPSA) is 71.8 Å². The summed E-state index contributed by atoms with van der Waals surface area (Å²) in [4.78, 5) is 17.2. The van der Waals surface area contributed by atoms with Gasteiger partial charge >= 0.3 is 0 Å². The molecule has 0 saturated carbocycles. The van der Waals surface area contributed by atoms with Crippen LogP contribution in [-0.2, 0) is 5.75 Å². The lowest BCUT2D eigenvalue weighted by Crippen LogP contribution is -1.91. The molecule has 0 saturated heterocycles. The first-order valence-corrected chi connectivity index (χ1v) is 6.08. The second kappa shape index (κ2) is 5.20. The maximum absolute atomic E-state index is 10.6. The van der Waals surface area contributed by atoms with Crippen molar-refractivity contribution in [3.63, 3.8) is 0 Å². The number of H-pyrrole nitrogens is 1. The van der Waals surface area contributed by atoms with E-state index in [4.69, 9.17) is 11.6 Å². The number of hydrogen-bond donors (Lipinski definition) is 1. The van der Waals surface area contributed by atoms with Gasteiger partial charge in [0.05, 0.1) is 4.92 Å². The highest BCUT2D eigenvalue weighted by Crippen LogP contribution is 2.27. The summed E-state index contributed by atoms with van der Waals surface area (Å²) in [5.41, 5.74) is 0.770. The summed E-state index contributed by atoms with van der Waals surface area (Å²) in [6.45, 7) is 0. The Morgan fingerprint density at radius 2 is 2.35 bits per heavy atom. The number of halogens is 1. The van der Waals surface area contributed by atoms with Gasteiger partial charge in [0.15, 0.2) is 5.16 Å². The van der Waals surface area contributed by atoms with Gasteiger partial charge in [-0.2, -0.15) is 0 Å². The molecule has 0 atom stereocenters. The van der Waals surface area contributed by atoms with Crippen LogP contribution in [0.3, 0.4) is 0 Å². The molecule has 0 fully saturated rings. The van der Waals surface area contributed by atoms with E-state index >= 15 is 0 Å². The van der Waals surface area contributed by atoms with Crippen LogP contribution in [0, 0.1) is 10.1 Å². The molecule has 5 nitrogen and oxygen atoms in total. The average Bonchev–Trinajstić information content (AvgIpc) is 2.80. The van der Waals surface area contributed by atoms with Gasteiger partial charge in [-0.1, -0.05) is 23.4 Å². The molecule has 0 radical (unpaired) electrons. The molecule has 0 unspecified atom stereocenters. The van der Waals surface area contributed by atoms with E-state index in [9.17, 15) is 10.1 Å². The lowest BCUT2D eigenvalue weighted by atomic mass is 10.2. The van der Waals surface area contributed by atoms with Gasteiger partial charge in [-0.25, -0.2) is 4.98 Å². The zero-order valence-corrected chi connectivity index (χ0v) is 10.2. The first-order chi connectivity index (χ1) is 8.16. The van der Waals surface area contributed by atoms with Crippen LogP contribution in [0.1, 0.15) is 5.56 Å². The van der Waals surface area contributed by atoms with Crippen molar-refractivity contribution < 1.29 is 4.92 Å². The fraction of sp³-hybridized carbons (Fsp3) is 0.100. The highest BCUT2D eigenvalue weighted by atomic mass is 35.5. The van der Waals surface area contributed by atoms with Crippen molar-refractivity contribution in [3.8, 4) is 0 Å². The Hall–Kier alpha value is -1.53. The zero-order valence-electron chi connectivity index (χ0n) is 8.59. The van der Waals surface area contributed by atoms with Crippen LogP contribution in [-0.4, -0.2) is 14.9 Å². The van der Waals surface area contributed by atoms with Gasteiger partial charge < -0.3 is 4.98 Å². The number of thioether (sulfide) groups is 1. The number of benzene rings is 1. The second-order valence-electron chi connectivity index (χ2n) is 3.22. The van der Waals surface area contributed by atoms with Gasteiger partial charge in [0.1, 0.15) is 0 Å². The predicted molar refractivity (Wildman–Crippen MR) is 66.3 cm³/mol. The molecule has 1 aromatic carbocycles. The number of aromatic nitrogens is 2. The van der Waals surface area contributed by atoms with Crippen molar-refractivity contribution in [1.82, 2.24) is 9.97 Å². The molecular formula is C10H8ClN3O2S. The Bertz CT molecular complexity index is 530. The first-order valence-electron chi connectivity index (χ1n) is 4.72. The van der Waals surface area contributed by atoms with E-state index in [2.05, 4.69) is 9.97 Å². The van der Waals surface area contributed by atoms with E-state index in [1.807, 2.05) is 0 Å². The minimum absolute atomic E-state index is 0.0458. The Labute approximate surface area is 106 Å². The smallest absolute Gasteiger partial charge is 0.269 e. The summed E-state index contributed by atoms with van der Waals surface area (Å²) in [5, 5.41) is 11.9. The molecular weight excluding hydrogens is 262 g/mol. The summed E-state index contributed by atoms with van der Waals surface area (Å²) >= 11 is 7.42. The van der Waals surface area contributed by atoms with Crippen molar-refractivity contribution >= 4 is 29.1 Å². The monoisotopic (exact) mass is 269 g/mol. The number of hydrogen-bond acceptors (Lipinski definition) is 4. The largest absolute Gasteiger partial charge is 0.340 e. The third-order valence-corrected chi connectivity index (χ3v) is 3.40. The maximum Gasteiger partial charge on any atom is 0.269 e. The molecule has 0 aliphatic carbocycles. The van der Waals surface area contributed by atoms with Crippen LogP contribution in [0.15, 0.2) is 35.7 Å². The SMILES string of the molecule is O=[N+]([O-])c1ccc(Cl)c(CSc2ncc[nH]2)c1. The van der Waals surface area contributed by atoms with Crippen molar-refractivity contribution in [1.29, 1.82) is 0 Å². The number of nitro groups is 1. The molecule has 1 aromatic heterocycles. The van der Waals surface area contributed by atoms with Crippen molar-refractivity contribution in [2.75, 3.05) is 0 Å². The summed E-state index contributed by atoms with van der Waals surface area (Å²) in [7, 11) is 0. The number of imidazole rings is 1. The molecule has 2 aromatic rings. The Kier molecular flexibility index (Phi) is 3.65. The molecule has 7 heteroatoms. The average molecular weight is 270 g/mol. The number of aromatic amines is 1. The molecule has 88 valence electrons. The molecule has 1 N–H and O–H groups in total. The molecule has 0 aliphatic rings. The molecule has 0 spiro atoms. The first kappa shape index (κ1) is 11.9. The van der Waals surface area contributed by atoms with Crippen LogP contribution < -0.4 is 0 Å². The van der Waals surface area contributed by atoms with E-state index in [0.717, 1.165) is 10.7 Å². The second-order valence-corrected chi connectivity index (χ2v) is 4.59. The van der Waals surface area contributed by atoms with E-state index < -0.39 is 4.92 Å². The molecule has 0 bridgehead atoms. The van der Waals surface area contributed by atoms with Crippen LogP contribution in [0.25, 0.3) is 0 Å². The van der Waals surface area contributed by atoms with Crippen molar-refractivity contribution in [3.05, 3.63) is 51.3 Å². The van der Waals surface area contributed by atoms with Gasteiger partial charge in [-0.3, -0.25) is 10.1 Å². The predicted octanol–water partition coefficient (Wildman–Crippen LogP) is 3.26. The van der Waals surface area contributed by atoms with E-state index in [0.29, 0.717) is 10.8 Å². The van der Waals surface area contributed by atoms with E-state index in [-0.39, 0.29) is 5.69 Å². The van der Waals surface area contributed by atoms with Crippen molar-refractivity contribution in [2.24, 2.45) is 0 Å². The quantitative estimate of drug-likeness (QED) is 0.525. The lowest BCUT2D eigenvalue weighted by Gasteiger charge is -2.02. The minimum Gasteiger partial charge on any atom is -0.340 e. The molecule has 0 amide bonds. The third kappa shape index (κ3) is 2.98. The van der Waals surface area contributed by atoms with Gasteiger partial charge in [-0.05, 0) is 11.6 Å². The van der Waals surface area contributed by atoms with E-state index in [1.165, 1.54) is 30.0 Å². The summed E-state index contributed by atoms with van der Waals surface area (Å²) in [6, 6.07) is 4.42.